The summed E-state index contributed by atoms with van der Waals surface area (Å²) < 4.78 is 1.91. The van der Waals surface area contributed by atoms with Gasteiger partial charge in [-0.2, -0.15) is 0 Å². The van der Waals surface area contributed by atoms with Crippen LogP contribution in [0.2, 0.25) is 5.15 Å². The molecule has 0 atom stereocenters. The second kappa shape index (κ2) is 3.68. The van der Waals surface area contributed by atoms with Crippen LogP contribution in [-0.2, 0) is 13.6 Å². The highest BCUT2D eigenvalue weighted by molar-refractivity contribution is 6.29. The highest BCUT2D eigenvalue weighted by Gasteiger charge is 2.17. The van der Waals surface area contributed by atoms with Crippen molar-refractivity contribution in [3.63, 3.8) is 0 Å². The van der Waals surface area contributed by atoms with Crippen LogP contribution in [-0.4, -0.2) is 15.6 Å². The molecule has 13 heavy (non-hydrogen) atoms. The van der Waals surface area contributed by atoms with Gasteiger partial charge in [0.15, 0.2) is 0 Å². The van der Waals surface area contributed by atoms with Gasteiger partial charge in [0.1, 0.15) is 11.0 Å². The fourth-order valence-corrected chi connectivity index (χ4v) is 1.58. The molecule has 0 radical (unpaired) electrons. The van der Waals surface area contributed by atoms with Gasteiger partial charge in [-0.3, -0.25) is 0 Å². The van der Waals surface area contributed by atoms with Gasteiger partial charge in [0.2, 0.25) is 0 Å². The summed E-state index contributed by atoms with van der Waals surface area (Å²) >= 11 is 5.87. The maximum absolute atomic E-state index is 5.87. The minimum atomic E-state index is 0.699. The van der Waals surface area contributed by atoms with Gasteiger partial charge in [-0.15, -0.1) is 0 Å². The van der Waals surface area contributed by atoms with Crippen molar-refractivity contribution in [2.24, 2.45) is 7.05 Å². The highest BCUT2D eigenvalue weighted by Crippen LogP contribution is 2.18. The molecule has 0 aliphatic heterocycles. The van der Waals surface area contributed by atoms with Crippen molar-refractivity contribution in [3.05, 3.63) is 17.2 Å². The Labute approximate surface area is 83.1 Å². The van der Waals surface area contributed by atoms with Crippen LogP contribution in [0.1, 0.15) is 25.1 Å². The lowest BCUT2D eigenvalue weighted by atomic mass is 9.93. The summed E-state index contributed by atoms with van der Waals surface area (Å²) in [6, 6.07) is 0.704. The highest BCUT2D eigenvalue weighted by atomic mass is 35.5. The van der Waals surface area contributed by atoms with Crippen LogP contribution in [0.25, 0.3) is 0 Å². The van der Waals surface area contributed by atoms with Crippen molar-refractivity contribution in [1.82, 2.24) is 14.9 Å². The Morgan fingerprint density at radius 3 is 2.92 bits per heavy atom. The molecule has 0 spiro atoms. The third kappa shape index (κ3) is 1.86. The molecule has 1 N–H and O–H groups in total. The number of hydrogen-bond acceptors (Lipinski definition) is 2. The maximum Gasteiger partial charge on any atom is 0.128 e. The van der Waals surface area contributed by atoms with Crippen molar-refractivity contribution in [3.8, 4) is 0 Å². The Balaban J connectivity index is 1.89. The molecule has 1 fully saturated rings. The van der Waals surface area contributed by atoms with E-state index in [2.05, 4.69) is 10.3 Å². The third-order valence-electron chi connectivity index (χ3n) is 2.68. The molecular weight excluding hydrogens is 186 g/mol. The first-order valence-electron chi connectivity index (χ1n) is 4.67. The summed E-state index contributed by atoms with van der Waals surface area (Å²) in [6.45, 7) is 0.827. The molecule has 72 valence electrons. The van der Waals surface area contributed by atoms with E-state index in [1.165, 1.54) is 19.3 Å². The monoisotopic (exact) mass is 199 g/mol. The molecule has 1 aliphatic rings. The number of rotatable bonds is 3. The van der Waals surface area contributed by atoms with E-state index in [1.54, 1.807) is 6.20 Å². The minimum absolute atomic E-state index is 0.699. The lowest BCUT2D eigenvalue weighted by molar-refractivity contribution is 0.334. The predicted octanol–water partition coefficient (Wildman–Crippen LogP) is 1.72. The van der Waals surface area contributed by atoms with Crippen LogP contribution in [0.3, 0.4) is 0 Å². The number of aromatic nitrogens is 2. The van der Waals surface area contributed by atoms with Gasteiger partial charge >= 0.3 is 0 Å². The molecule has 0 aromatic carbocycles. The first-order valence-corrected chi connectivity index (χ1v) is 5.04. The van der Waals surface area contributed by atoms with Crippen molar-refractivity contribution in [2.45, 2.75) is 31.8 Å². The zero-order valence-electron chi connectivity index (χ0n) is 7.76. The van der Waals surface area contributed by atoms with Crippen LogP contribution in [0.5, 0.6) is 0 Å². The van der Waals surface area contributed by atoms with Crippen molar-refractivity contribution >= 4 is 11.6 Å². The fourth-order valence-electron chi connectivity index (χ4n) is 1.44. The first-order chi connectivity index (χ1) is 6.27. The molecule has 0 saturated heterocycles. The van der Waals surface area contributed by atoms with E-state index in [0.717, 1.165) is 12.4 Å². The summed E-state index contributed by atoms with van der Waals surface area (Å²) in [6.07, 6.45) is 5.66. The van der Waals surface area contributed by atoms with Crippen LogP contribution >= 0.6 is 11.6 Å². The van der Waals surface area contributed by atoms with Crippen LogP contribution < -0.4 is 5.32 Å². The molecule has 1 heterocycles. The molecule has 1 aliphatic carbocycles. The van der Waals surface area contributed by atoms with Gasteiger partial charge in [0, 0.05) is 13.1 Å². The second-order valence-corrected chi connectivity index (χ2v) is 3.95. The zero-order chi connectivity index (χ0) is 9.26. The summed E-state index contributed by atoms with van der Waals surface area (Å²) in [5.74, 6) is 1.01. The van der Waals surface area contributed by atoms with Crippen LogP contribution in [0, 0.1) is 0 Å². The number of imidazole rings is 1. The second-order valence-electron chi connectivity index (χ2n) is 3.56. The van der Waals surface area contributed by atoms with E-state index in [0.29, 0.717) is 11.2 Å². The van der Waals surface area contributed by atoms with E-state index < -0.39 is 0 Å². The number of nitrogens with one attached hydrogen (secondary N) is 1. The topological polar surface area (TPSA) is 29.9 Å². The van der Waals surface area contributed by atoms with Crippen LogP contribution in [0.4, 0.5) is 0 Å². The quantitative estimate of drug-likeness (QED) is 0.804. The average molecular weight is 200 g/mol. The van der Waals surface area contributed by atoms with Gasteiger partial charge < -0.3 is 9.88 Å². The van der Waals surface area contributed by atoms with Gasteiger partial charge in [-0.1, -0.05) is 18.0 Å². The Bertz CT molecular complexity index is 291. The van der Waals surface area contributed by atoms with Crippen molar-refractivity contribution < 1.29 is 0 Å². The summed E-state index contributed by atoms with van der Waals surface area (Å²) in [5, 5.41) is 4.15. The van der Waals surface area contributed by atoms with E-state index in [-0.39, 0.29) is 0 Å². The molecular formula is C9H14ClN3. The smallest absolute Gasteiger partial charge is 0.128 e. The van der Waals surface area contributed by atoms with E-state index in [1.807, 2.05) is 11.6 Å². The molecule has 2 rings (SSSR count). The summed E-state index contributed by atoms with van der Waals surface area (Å²) in [5.41, 5.74) is 0. The largest absolute Gasteiger partial charge is 0.321 e. The van der Waals surface area contributed by atoms with Gasteiger partial charge in [-0.05, 0) is 12.8 Å². The van der Waals surface area contributed by atoms with Gasteiger partial charge in [0.05, 0.1) is 12.7 Å². The molecule has 1 aromatic rings. The number of halogens is 1. The number of hydrogen-bond donors (Lipinski definition) is 1. The normalized spacial score (nSPS) is 17.4. The van der Waals surface area contributed by atoms with E-state index >= 15 is 0 Å². The lowest BCUT2D eigenvalue weighted by Crippen LogP contribution is -2.35. The van der Waals surface area contributed by atoms with Gasteiger partial charge in [-0.25, -0.2) is 4.98 Å². The molecule has 0 unspecified atom stereocenters. The third-order valence-corrected chi connectivity index (χ3v) is 3.03. The van der Waals surface area contributed by atoms with E-state index in [4.69, 9.17) is 11.6 Å². The lowest BCUT2D eigenvalue weighted by Gasteiger charge is -2.26. The summed E-state index contributed by atoms with van der Waals surface area (Å²) in [4.78, 5) is 4.21. The van der Waals surface area contributed by atoms with E-state index in [9.17, 15) is 0 Å². The zero-order valence-corrected chi connectivity index (χ0v) is 8.51. The molecule has 0 bridgehead atoms. The first kappa shape index (κ1) is 9.03. The Kier molecular flexibility index (Phi) is 2.56. The fraction of sp³-hybridized carbons (Fsp3) is 0.667. The molecule has 4 heteroatoms. The SMILES string of the molecule is Cn1c(Cl)cnc1CNC1CCC1. The van der Waals surface area contributed by atoms with Gasteiger partial charge in [0.25, 0.3) is 0 Å². The average Bonchev–Trinajstić information content (AvgIpc) is 2.33. The Morgan fingerprint density at radius 2 is 2.46 bits per heavy atom. The van der Waals surface area contributed by atoms with Crippen LogP contribution in [0.15, 0.2) is 6.20 Å². The maximum atomic E-state index is 5.87. The molecule has 1 saturated carbocycles. The molecule has 0 amide bonds. The summed E-state index contributed by atoms with van der Waals surface area (Å²) in [7, 11) is 1.94. The standard InChI is InChI=1S/C9H14ClN3/c1-13-8(10)5-12-9(13)6-11-7-3-2-4-7/h5,7,11H,2-4,6H2,1H3. The Morgan fingerprint density at radius 1 is 1.69 bits per heavy atom. The molecule has 1 aromatic heterocycles. The van der Waals surface area contributed by atoms with Crippen molar-refractivity contribution in [2.75, 3.05) is 0 Å². The number of nitrogens with zero attached hydrogens (tertiary/aromatic N) is 2. The van der Waals surface area contributed by atoms with Crippen molar-refractivity contribution in [1.29, 1.82) is 0 Å². The Hall–Kier alpha value is -0.540. The minimum Gasteiger partial charge on any atom is -0.321 e. The molecule has 3 nitrogen and oxygen atoms in total. The predicted molar refractivity (Wildman–Crippen MR) is 52.7 cm³/mol.